The van der Waals surface area contributed by atoms with Gasteiger partial charge in [0, 0.05) is 0 Å². The zero-order valence-electron chi connectivity index (χ0n) is 10.2. The van der Waals surface area contributed by atoms with Crippen LogP contribution in [0.3, 0.4) is 0 Å². The van der Waals surface area contributed by atoms with E-state index < -0.39 is 0 Å². The number of nitrogens with zero attached hydrogens (tertiary/aromatic N) is 4. The fourth-order valence-electron chi connectivity index (χ4n) is 1.93. The molecule has 0 saturated carbocycles. The largest absolute Gasteiger partial charge is 0.382 e. The molecule has 0 saturated heterocycles. The van der Waals surface area contributed by atoms with Crippen molar-refractivity contribution in [3.05, 3.63) is 40.4 Å². The van der Waals surface area contributed by atoms with E-state index in [-0.39, 0.29) is 17.6 Å². The Balaban J connectivity index is 2.11. The molecule has 2 aromatic heterocycles. The van der Waals surface area contributed by atoms with E-state index >= 15 is 0 Å². The molecule has 4 N–H and O–H groups in total. The van der Waals surface area contributed by atoms with Gasteiger partial charge in [0.1, 0.15) is 5.82 Å². The van der Waals surface area contributed by atoms with E-state index in [0.717, 1.165) is 5.56 Å². The lowest BCUT2D eigenvalue weighted by Crippen LogP contribution is -2.05. The van der Waals surface area contributed by atoms with Gasteiger partial charge in [0.05, 0.1) is 6.54 Å². The Morgan fingerprint density at radius 1 is 1.10 bits per heavy atom. The number of rotatable bonds is 2. The van der Waals surface area contributed by atoms with Gasteiger partial charge in [-0.05, 0) is 33.6 Å². The van der Waals surface area contributed by atoms with Gasteiger partial charge < -0.3 is 11.5 Å². The van der Waals surface area contributed by atoms with Crippen molar-refractivity contribution in [3.63, 3.8) is 0 Å². The van der Waals surface area contributed by atoms with Gasteiger partial charge in [-0.25, -0.2) is 9.37 Å². The molecule has 0 aliphatic heterocycles. The second-order valence-electron chi connectivity index (χ2n) is 4.23. The zero-order valence-corrected chi connectivity index (χ0v) is 11.8. The Morgan fingerprint density at radius 2 is 1.80 bits per heavy atom. The summed E-state index contributed by atoms with van der Waals surface area (Å²) in [6, 6.07) is 6.20. The van der Waals surface area contributed by atoms with Gasteiger partial charge in [-0.15, -0.1) is 0 Å². The average Bonchev–Trinajstić information content (AvgIpc) is 2.70. The third-order valence-electron chi connectivity index (χ3n) is 2.85. The Morgan fingerprint density at radius 3 is 2.50 bits per heavy atom. The highest BCUT2D eigenvalue weighted by Crippen LogP contribution is 2.24. The molecule has 20 heavy (non-hydrogen) atoms. The lowest BCUT2D eigenvalue weighted by molar-refractivity contribution is 0.626. The quantitative estimate of drug-likeness (QED) is 0.697. The highest BCUT2D eigenvalue weighted by atomic mass is 79.9. The zero-order chi connectivity index (χ0) is 14.3. The van der Waals surface area contributed by atoms with Crippen molar-refractivity contribution < 1.29 is 4.39 Å². The number of benzene rings is 1. The highest BCUT2D eigenvalue weighted by Gasteiger charge is 2.14. The Hall–Kier alpha value is -2.22. The number of halogens is 2. The fourth-order valence-corrected chi connectivity index (χ4v) is 2.40. The molecular formula is C12H10BrFN6. The van der Waals surface area contributed by atoms with E-state index in [4.69, 9.17) is 11.5 Å². The summed E-state index contributed by atoms with van der Waals surface area (Å²) in [6.07, 6.45) is 0. The van der Waals surface area contributed by atoms with Crippen LogP contribution in [0.4, 0.5) is 16.2 Å². The fraction of sp³-hybridized carbons (Fsp3) is 0.0833. The number of hydrogen-bond donors (Lipinski definition) is 2. The number of hydrogen-bond acceptors (Lipinski definition) is 5. The smallest absolute Gasteiger partial charge is 0.224 e. The monoisotopic (exact) mass is 336 g/mol. The number of aromatic nitrogens is 4. The van der Waals surface area contributed by atoms with E-state index in [1.165, 1.54) is 12.1 Å². The standard InChI is InChI=1S/C12H10BrFN6/c13-11-17-8-9(15)18-12(16)19-10(8)20(11)5-6-1-3-7(14)4-2-6/h1-4H,5H2,(H4,15,16,18,19). The Bertz CT molecular complexity index is 783. The maximum atomic E-state index is 12.9. The van der Waals surface area contributed by atoms with Crippen molar-refractivity contribution in [1.82, 2.24) is 19.5 Å². The molecule has 0 spiro atoms. The summed E-state index contributed by atoms with van der Waals surface area (Å²) < 4.78 is 15.3. The van der Waals surface area contributed by atoms with Crippen LogP contribution in [0.15, 0.2) is 29.0 Å². The average molecular weight is 337 g/mol. The predicted octanol–water partition coefficient (Wildman–Crippen LogP) is 1.94. The van der Waals surface area contributed by atoms with Crippen molar-refractivity contribution in [3.8, 4) is 0 Å². The summed E-state index contributed by atoms with van der Waals surface area (Å²) in [4.78, 5) is 12.3. The van der Waals surface area contributed by atoms with Crippen molar-refractivity contribution in [1.29, 1.82) is 0 Å². The lowest BCUT2D eigenvalue weighted by atomic mass is 10.2. The number of fused-ring (bicyclic) bond motifs is 1. The molecule has 0 fully saturated rings. The van der Waals surface area contributed by atoms with Gasteiger partial charge in [0.15, 0.2) is 21.7 Å². The topological polar surface area (TPSA) is 95.6 Å². The Kier molecular flexibility index (Phi) is 3.01. The maximum absolute atomic E-state index is 12.9. The van der Waals surface area contributed by atoms with Gasteiger partial charge in [-0.3, -0.25) is 4.57 Å². The molecule has 0 unspecified atom stereocenters. The highest BCUT2D eigenvalue weighted by molar-refractivity contribution is 9.10. The van der Waals surface area contributed by atoms with Crippen molar-refractivity contribution >= 4 is 38.9 Å². The van der Waals surface area contributed by atoms with E-state index in [0.29, 0.717) is 22.4 Å². The molecule has 102 valence electrons. The molecular weight excluding hydrogens is 327 g/mol. The van der Waals surface area contributed by atoms with Crippen LogP contribution in [0.5, 0.6) is 0 Å². The minimum atomic E-state index is -0.279. The van der Waals surface area contributed by atoms with Gasteiger partial charge in [-0.1, -0.05) is 12.1 Å². The summed E-state index contributed by atoms with van der Waals surface area (Å²) in [5.74, 6) is 0.0351. The van der Waals surface area contributed by atoms with Crippen LogP contribution in [0.25, 0.3) is 11.2 Å². The first kappa shape index (κ1) is 12.8. The minimum Gasteiger partial charge on any atom is -0.382 e. The lowest BCUT2D eigenvalue weighted by Gasteiger charge is -2.06. The molecule has 8 heteroatoms. The first-order chi connectivity index (χ1) is 9.54. The van der Waals surface area contributed by atoms with Crippen molar-refractivity contribution in [2.75, 3.05) is 11.5 Å². The summed E-state index contributed by atoms with van der Waals surface area (Å²) >= 11 is 3.35. The van der Waals surface area contributed by atoms with Gasteiger partial charge in [0.25, 0.3) is 0 Å². The van der Waals surface area contributed by atoms with Crippen LogP contribution in [0.1, 0.15) is 5.56 Å². The second kappa shape index (κ2) is 4.71. The van der Waals surface area contributed by atoms with Gasteiger partial charge in [0.2, 0.25) is 5.95 Å². The van der Waals surface area contributed by atoms with Gasteiger partial charge in [-0.2, -0.15) is 9.97 Å². The molecule has 0 bridgehead atoms. The number of imidazole rings is 1. The van der Waals surface area contributed by atoms with E-state index in [1.54, 1.807) is 16.7 Å². The number of nitrogens with two attached hydrogens (primary N) is 2. The van der Waals surface area contributed by atoms with Crippen molar-refractivity contribution in [2.45, 2.75) is 6.54 Å². The first-order valence-electron chi connectivity index (χ1n) is 5.74. The van der Waals surface area contributed by atoms with Crippen LogP contribution < -0.4 is 11.5 Å². The van der Waals surface area contributed by atoms with E-state index in [1.807, 2.05) is 0 Å². The van der Waals surface area contributed by atoms with Crippen molar-refractivity contribution in [2.24, 2.45) is 0 Å². The molecule has 1 aromatic carbocycles. The molecule has 3 aromatic rings. The molecule has 2 heterocycles. The molecule has 6 nitrogen and oxygen atoms in total. The maximum Gasteiger partial charge on any atom is 0.224 e. The predicted molar refractivity (Wildman–Crippen MR) is 77.3 cm³/mol. The molecule has 0 aliphatic carbocycles. The van der Waals surface area contributed by atoms with E-state index in [2.05, 4.69) is 30.9 Å². The summed E-state index contributed by atoms with van der Waals surface area (Å²) in [5.41, 5.74) is 13.3. The Labute approximate surface area is 121 Å². The number of nitrogen functional groups attached to an aromatic ring is 2. The molecule has 0 atom stereocenters. The van der Waals surface area contributed by atoms with Crippen LogP contribution in [-0.4, -0.2) is 19.5 Å². The first-order valence-corrected chi connectivity index (χ1v) is 6.53. The molecule has 0 amide bonds. The summed E-state index contributed by atoms with van der Waals surface area (Å²) in [7, 11) is 0. The van der Waals surface area contributed by atoms with Gasteiger partial charge >= 0.3 is 0 Å². The third kappa shape index (κ3) is 2.18. The molecule has 3 rings (SSSR count). The minimum absolute atomic E-state index is 0.0859. The van der Waals surface area contributed by atoms with E-state index in [9.17, 15) is 4.39 Å². The molecule has 0 aliphatic rings. The SMILES string of the molecule is Nc1nc(N)c2nc(Br)n(Cc3ccc(F)cc3)c2n1. The summed E-state index contributed by atoms with van der Waals surface area (Å²) in [5, 5.41) is 0. The van der Waals surface area contributed by atoms with Crippen LogP contribution in [-0.2, 0) is 6.54 Å². The summed E-state index contributed by atoms with van der Waals surface area (Å²) in [6.45, 7) is 0.466. The van der Waals surface area contributed by atoms with Crippen LogP contribution in [0.2, 0.25) is 0 Å². The second-order valence-corrected chi connectivity index (χ2v) is 4.94. The number of anilines is 2. The normalized spacial score (nSPS) is 11.1. The van der Waals surface area contributed by atoms with Crippen LogP contribution in [0, 0.1) is 5.82 Å². The van der Waals surface area contributed by atoms with Crippen LogP contribution >= 0.6 is 15.9 Å². The molecule has 0 radical (unpaired) electrons. The third-order valence-corrected chi connectivity index (χ3v) is 3.45.